The number of hydrogen-bond acceptors (Lipinski definition) is 3. The number of thioether (sulfide) groups is 1. The molecule has 2 N–H and O–H groups in total. The van der Waals surface area contributed by atoms with Crippen LogP contribution in [0, 0.1) is 0 Å². The molecule has 2 aromatic carbocycles. The lowest BCUT2D eigenvalue weighted by atomic mass is 9.96. The zero-order valence-electron chi connectivity index (χ0n) is 14.3. The molecule has 0 aromatic heterocycles. The quantitative estimate of drug-likeness (QED) is 0.692. The number of anilines is 1. The van der Waals surface area contributed by atoms with E-state index >= 15 is 0 Å². The van der Waals surface area contributed by atoms with Crippen molar-refractivity contribution in [2.24, 2.45) is 0 Å². The fourth-order valence-corrected chi connectivity index (χ4v) is 3.21. The lowest BCUT2D eigenvalue weighted by Gasteiger charge is -2.12. The average molecular weight is 357 g/mol. The summed E-state index contributed by atoms with van der Waals surface area (Å²) in [6.07, 6.45) is 1.26. The van der Waals surface area contributed by atoms with Crippen molar-refractivity contribution in [1.82, 2.24) is 0 Å². The van der Waals surface area contributed by atoms with Crippen LogP contribution in [0.15, 0.2) is 54.6 Å². The fraction of sp³-hybridized carbons (Fsp3) is 0.300. The third-order valence-electron chi connectivity index (χ3n) is 3.88. The van der Waals surface area contributed by atoms with Crippen LogP contribution >= 0.6 is 11.8 Å². The number of nitrogens with one attached hydrogen (secondary N) is 1. The molecule has 4 nitrogen and oxygen atoms in total. The molecule has 1 unspecified atom stereocenters. The third kappa shape index (κ3) is 7.01. The highest BCUT2D eigenvalue weighted by atomic mass is 32.2. The highest BCUT2D eigenvalue weighted by molar-refractivity contribution is 7.99. The summed E-state index contributed by atoms with van der Waals surface area (Å²) in [7, 11) is 0. The van der Waals surface area contributed by atoms with Crippen LogP contribution in [0.4, 0.5) is 5.69 Å². The fourth-order valence-electron chi connectivity index (χ4n) is 2.51. The molecule has 1 amide bonds. The maximum Gasteiger partial charge on any atom is 0.313 e. The Kier molecular flexibility index (Phi) is 7.54. The molecule has 0 bridgehead atoms. The van der Waals surface area contributed by atoms with Gasteiger partial charge in [0.25, 0.3) is 0 Å². The van der Waals surface area contributed by atoms with Gasteiger partial charge in [-0.25, -0.2) is 0 Å². The number of benzene rings is 2. The zero-order chi connectivity index (χ0) is 18.1. The minimum Gasteiger partial charge on any atom is -0.481 e. The first kappa shape index (κ1) is 19.1. The Labute approximate surface area is 152 Å². The van der Waals surface area contributed by atoms with Gasteiger partial charge >= 0.3 is 5.97 Å². The predicted octanol–water partition coefficient (Wildman–Crippen LogP) is 4.53. The predicted molar refractivity (Wildman–Crippen MR) is 103 cm³/mol. The zero-order valence-corrected chi connectivity index (χ0v) is 15.1. The summed E-state index contributed by atoms with van der Waals surface area (Å²) in [6, 6.07) is 17.7. The summed E-state index contributed by atoms with van der Waals surface area (Å²) in [4.78, 5) is 22.7. The Morgan fingerprint density at radius 1 is 1.12 bits per heavy atom. The van der Waals surface area contributed by atoms with Crippen molar-refractivity contribution in [2.75, 3.05) is 11.1 Å². The minimum atomic E-state index is -0.818. The molecule has 0 aliphatic rings. The van der Waals surface area contributed by atoms with Gasteiger partial charge in [0.15, 0.2) is 0 Å². The standard InChI is InChI=1S/C20H23NO3S/c1-15(17-7-3-2-4-8-17)10-11-19(22)21-18-9-5-6-16(12-18)13-25-14-20(23)24/h2-9,12,15H,10-11,13-14H2,1H3,(H,21,22)(H,23,24). The molecule has 0 saturated heterocycles. The van der Waals surface area contributed by atoms with Gasteiger partial charge in [0, 0.05) is 17.9 Å². The van der Waals surface area contributed by atoms with Gasteiger partial charge in [0.1, 0.15) is 0 Å². The maximum atomic E-state index is 12.2. The van der Waals surface area contributed by atoms with E-state index in [0.717, 1.165) is 17.7 Å². The van der Waals surface area contributed by atoms with Gasteiger partial charge in [-0.3, -0.25) is 9.59 Å². The van der Waals surface area contributed by atoms with Crippen LogP contribution in [0.5, 0.6) is 0 Å². The smallest absolute Gasteiger partial charge is 0.313 e. The summed E-state index contributed by atoms with van der Waals surface area (Å²) in [5, 5.41) is 11.6. The first-order valence-corrected chi connectivity index (χ1v) is 9.43. The second-order valence-electron chi connectivity index (χ2n) is 5.99. The Bertz CT molecular complexity index is 703. The second-order valence-corrected chi connectivity index (χ2v) is 6.97. The van der Waals surface area contributed by atoms with Crippen molar-refractivity contribution in [2.45, 2.75) is 31.4 Å². The molecule has 1 atom stereocenters. The number of hydrogen-bond donors (Lipinski definition) is 2. The Morgan fingerprint density at radius 2 is 1.88 bits per heavy atom. The summed E-state index contributed by atoms with van der Waals surface area (Å²) in [6.45, 7) is 2.13. The van der Waals surface area contributed by atoms with Crippen molar-refractivity contribution in [3.8, 4) is 0 Å². The van der Waals surface area contributed by atoms with E-state index in [0.29, 0.717) is 18.1 Å². The summed E-state index contributed by atoms with van der Waals surface area (Å²) in [5.74, 6) is 0.209. The van der Waals surface area contributed by atoms with E-state index in [4.69, 9.17) is 5.11 Å². The number of carboxylic acids is 1. The number of amides is 1. The molecule has 5 heteroatoms. The molecular weight excluding hydrogens is 334 g/mol. The van der Waals surface area contributed by atoms with Gasteiger partial charge in [0.05, 0.1) is 5.75 Å². The van der Waals surface area contributed by atoms with E-state index < -0.39 is 5.97 Å². The maximum absolute atomic E-state index is 12.2. The van der Waals surface area contributed by atoms with E-state index in [1.807, 2.05) is 42.5 Å². The van der Waals surface area contributed by atoms with Gasteiger partial charge in [-0.2, -0.15) is 0 Å². The molecule has 25 heavy (non-hydrogen) atoms. The van der Waals surface area contributed by atoms with Crippen LogP contribution in [-0.2, 0) is 15.3 Å². The molecule has 0 radical (unpaired) electrons. The molecule has 2 aromatic rings. The number of carboxylic acid groups (broad SMARTS) is 1. The van der Waals surface area contributed by atoms with Crippen molar-refractivity contribution in [1.29, 1.82) is 0 Å². The first-order chi connectivity index (χ1) is 12.0. The van der Waals surface area contributed by atoms with Crippen molar-refractivity contribution in [3.05, 3.63) is 65.7 Å². The van der Waals surface area contributed by atoms with Crippen LogP contribution in [0.2, 0.25) is 0 Å². The van der Waals surface area contributed by atoms with E-state index in [9.17, 15) is 9.59 Å². The Morgan fingerprint density at radius 3 is 2.60 bits per heavy atom. The van der Waals surface area contributed by atoms with Gasteiger partial charge in [-0.05, 0) is 35.6 Å². The van der Waals surface area contributed by atoms with Crippen molar-refractivity contribution >= 4 is 29.3 Å². The molecule has 132 valence electrons. The first-order valence-electron chi connectivity index (χ1n) is 8.28. The number of rotatable bonds is 9. The average Bonchev–Trinajstić information content (AvgIpc) is 2.60. The molecule has 0 aliphatic carbocycles. The lowest BCUT2D eigenvalue weighted by Crippen LogP contribution is -2.12. The largest absolute Gasteiger partial charge is 0.481 e. The van der Waals surface area contributed by atoms with Gasteiger partial charge in [0.2, 0.25) is 5.91 Å². The highest BCUT2D eigenvalue weighted by Gasteiger charge is 2.09. The van der Waals surface area contributed by atoms with E-state index in [2.05, 4.69) is 24.4 Å². The number of carbonyl (C=O) groups excluding carboxylic acids is 1. The summed E-state index contributed by atoms with van der Waals surface area (Å²) in [5.41, 5.74) is 3.00. The SMILES string of the molecule is CC(CCC(=O)Nc1cccc(CSCC(=O)O)c1)c1ccccc1. The summed E-state index contributed by atoms with van der Waals surface area (Å²) < 4.78 is 0. The minimum absolute atomic E-state index is 0.00174. The van der Waals surface area contributed by atoms with Crippen LogP contribution in [0.1, 0.15) is 36.8 Å². The monoisotopic (exact) mass is 357 g/mol. The molecule has 0 saturated carbocycles. The van der Waals surface area contributed by atoms with Gasteiger partial charge in [-0.1, -0.05) is 49.4 Å². The normalized spacial score (nSPS) is 11.7. The Hall–Kier alpha value is -2.27. The van der Waals surface area contributed by atoms with Crippen LogP contribution in [0.25, 0.3) is 0 Å². The van der Waals surface area contributed by atoms with Gasteiger partial charge in [-0.15, -0.1) is 11.8 Å². The molecule has 0 aliphatic heterocycles. The third-order valence-corrected chi connectivity index (χ3v) is 4.87. The Balaban J connectivity index is 1.81. The molecule has 0 heterocycles. The lowest BCUT2D eigenvalue weighted by molar-refractivity contribution is -0.133. The summed E-state index contributed by atoms with van der Waals surface area (Å²) >= 11 is 1.34. The second kappa shape index (κ2) is 9.89. The van der Waals surface area contributed by atoms with E-state index in [1.165, 1.54) is 17.3 Å². The van der Waals surface area contributed by atoms with Crippen molar-refractivity contribution in [3.63, 3.8) is 0 Å². The number of aliphatic carboxylic acids is 1. The van der Waals surface area contributed by atoms with Crippen molar-refractivity contribution < 1.29 is 14.7 Å². The molecule has 0 fully saturated rings. The molecule has 0 spiro atoms. The topological polar surface area (TPSA) is 66.4 Å². The van der Waals surface area contributed by atoms with Crippen LogP contribution in [0.3, 0.4) is 0 Å². The molecular formula is C20H23NO3S. The number of carbonyl (C=O) groups is 2. The van der Waals surface area contributed by atoms with Crippen LogP contribution < -0.4 is 5.32 Å². The van der Waals surface area contributed by atoms with Gasteiger partial charge < -0.3 is 10.4 Å². The van der Waals surface area contributed by atoms with E-state index in [1.54, 1.807) is 0 Å². The van der Waals surface area contributed by atoms with E-state index in [-0.39, 0.29) is 11.7 Å². The molecule has 2 rings (SSSR count). The van der Waals surface area contributed by atoms with Crippen LogP contribution in [-0.4, -0.2) is 22.7 Å². The highest BCUT2D eigenvalue weighted by Crippen LogP contribution is 2.21.